The molecule has 1 aliphatic rings. The van der Waals surface area contributed by atoms with E-state index in [-0.39, 0.29) is 5.91 Å². The third kappa shape index (κ3) is 2.26. The average molecular weight is 233 g/mol. The summed E-state index contributed by atoms with van der Waals surface area (Å²) in [7, 11) is 0. The maximum absolute atomic E-state index is 11.4. The van der Waals surface area contributed by atoms with Crippen LogP contribution in [0.5, 0.6) is 0 Å². The van der Waals surface area contributed by atoms with Gasteiger partial charge in [-0.3, -0.25) is 10.1 Å². The lowest BCUT2D eigenvalue weighted by Crippen LogP contribution is -2.21. The van der Waals surface area contributed by atoms with E-state index in [4.69, 9.17) is 18.0 Å². The minimum absolute atomic E-state index is 0.201. The number of carbonyl (C=O) groups excluding carboxylic acids is 1. The molecule has 1 aromatic rings. The third-order valence-corrected chi connectivity index (χ3v) is 2.45. The van der Waals surface area contributed by atoms with Crippen molar-refractivity contribution in [1.29, 1.82) is 0 Å². The first-order valence-electron chi connectivity index (χ1n) is 4.82. The second-order valence-corrected chi connectivity index (χ2v) is 3.82. The second-order valence-electron chi connectivity index (χ2n) is 3.41. The first-order valence-corrected chi connectivity index (χ1v) is 5.23. The van der Waals surface area contributed by atoms with Crippen LogP contribution in [0.25, 0.3) is 6.08 Å². The molecule has 1 aromatic carbocycles. The lowest BCUT2D eigenvalue weighted by atomic mass is 10.1. The Hall–Kier alpha value is -1.72. The molecule has 1 fully saturated rings. The fourth-order valence-corrected chi connectivity index (χ4v) is 1.60. The molecule has 4 nitrogen and oxygen atoms in total. The summed E-state index contributed by atoms with van der Waals surface area (Å²) in [6, 6.07) is 7.67. The highest BCUT2D eigenvalue weighted by atomic mass is 32.1. The first kappa shape index (κ1) is 10.8. The number of nitrogens with two attached hydrogens (primary N) is 1. The van der Waals surface area contributed by atoms with Gasteiger partial charge in [0, 0.05) is 6.54 Å². The fourth-order valence-electron chi connectivity index (χ4n) is 1.40. The summed E-state index contributed by atoms with van der Waals surface area (Å²) in [6.07, 6.45) is 1.74. The Morgan fingerprint density at radius 2 is 1.94 bits per heavy atom. The van der Waals surface area contributed by atoms with E-state index in [9.17, 15) is 4.79 Å². The molecule has 4 N–H and O–H groups in total. The van der Waals surface area contributed by atoms with E-state index >= 15 is 0 Å². The van der Waals surface area contributed by atoms with Crippen LogP contribution in [0.15, 0.2) is 30.0 Å². The predicted molar refractivity (Wildman–Crippen MR) is 66.2 cm³/mol. The van der Waals surface area contributed by atoms with Gasteiger partial charge in [0.05, 0.1) is 0 Å². The first-order chi connectivity index (χ1) is 7.69. The molecule has 0 spiro atoms. The molecule has 1 amide bonds. The van der Waals surface area contributed by atoms with Gasteiger partial charge >= 0.3 is 0 Å². The van der Waals surface area contributed by atoms with E-state index in [1.54, 1.807) is 6.08 Å². The lowest BCUT2D eigenvalue weighted by Gasteiger charge is -1.99. The van der Waals surface area contributed by atoms with Crippen LogP contribution in [0.1, 0.15) is 11.1 Å². The summed E-state index contributed by atoms with van der Waals surface area (Å²) in [5.74, 6) is -0.201. The summed E-state index contributed by atoms with van der Waals surface area (Å²) < 4.78 is 0. The van der Waals surface area contributed by atoms with E-state index in [2.05, 4.69) is 10.6 Å². The molecular weight excluding hydrogens is 222 g/mol. The van der Waals surface area contributed by atoms with Crippen LogP contribution in [0.3, 0.4) is 0 Å². The quantitative estimate of drug-likeness (QED) is 0.514. The number of rotatable bonds is 2. The Balaban J connectivity index is 2.22. The van der Waals surface area contributed by atoms with Crippen molar-refractivity contribution in [2.75, 3.05) is 0 Å². The van der Waals surface area contributed by atoms with Crippen LogP contribution in [-0.2, 0) is 11.3 Å². The molecule has 1 saturated heterocycles. The van der Waals surface area contributed by atoms with Crippen molar-refractivity contribution in [2.45, 2.75) is 6.54 Å². The van der Waals surface area contributed by atoms with E-state index in [0.717, 1.165) is 11.1 Å². The summed E-state index contributed by atoms with van der Waals surface area (Å²) >= 11 is 4.83. The SMILES string of the molecule is NCc1ccc(C=C2NC(=S)NC2=O)cc1. The maximum Gasteiger partial charge on any atom is 0.273 e. The summed E-state index contributed by atoms with van der Waals surface area (Å²) in [5.41, 5.74) is 7.95. The highest BCUT2D eigenvalue weighted by Crippen LogP contribution is 2.09. The van der Waals surface area contributed by atoms with E-state index in [0.29, 0.717) is 17.4 Å². The van der Waals surface area contributed by atoms with Gasteiger partial charge in [-0.05, 0) is 29.4 Å². The minimum atomic E-state index is -0.201. The van der Waals surface area contributed by atoms with Crippen LogP contribution in [0.2, 0.25) is 0 Å². The number of hydrogen-bond acceptors (Lipinski definition) is 3. The zero-order valence-electron chi connectivity index (χ0n) is 8.49. The van der Waals surface area contributed by atoms with Gasteiger partial charge in [0.2, 0.25) is 0 Å². The van der Waals surface area contributed by atoms with Gasteiger partial charge < -0.3 is 11.1 Å². The third-order valence-electron chi connectivity index (χ3n) is 2.25. The molecule has 0 aliphatic carbocycles. The van der Waals surface area contributed by atoms with Crippen molar-refractivity contribution in [3.63, 3.8) is 0 Å². The lowest BCUT2D eigenvalue weighted by molar-refractivity contribution is -0.115. The van der Waals surface area contributed by atoms with Crippen LogP contribution in [0.4, 0.5) is 0 Å². The zero-order chi connectivity index (χ0) is 11.5. The Morgan fingerprint density at radius 3 is 2.44 bits per heavy atom. The molecule has 0 unspecified atom stereocenters. The number of thiocarbonyl (C=S) groups is 1. The largest absolute Gasteiger partial charge is 0.328 e. The number of carbonyl (C=O) groups is 1. The molecule has 16 heavy (non-hydrogen) atoms. The van der Waals surface area contributed by atoms with Gasteiger partial charge in [-0.1, -0.05) is 24.3 Å². The molecule has 0 bridgehead atoms. The standard InChI is InChI=1S/C11H11N3OS/c12-6-8-3-1-7(2-4-8)5-9-10(15)14-11(16)13-9/h1-5H,6,12H2,(H2,13,14,15,16). The summed E-state index contributed by atoms with van der Waals surface area (Å²) in [5, 5.41) is 5.63. The molecule has 0 atom stereocenters. The summed E-state index contributed by atoms with van der Waals surface area (Å²) in [4.78, 5) is 11.4. The molecular formula is C11H11N3OS. The number of benzene rings is 1. The highest BCUT2D eigenvalue weighted by Gasteiger charge is 2.19. The van der Waals surface area contributed by atoms with Gasteiger partial charge in [0.1, 0.15) is 5.70 Å². The molecule has 1 heterocycles. The Kier molecular flexibility index (Phi) is 2.98. The Morgan fingerprint density at radius 1 is 1.25 bits per heavy atom. The predicted octanol–water partition coefficient (Wildman–Crippen LogP) is 0.490. The van der Waals surface area contributed by atoms with E-state index in [1.165, 1.54) is 0 Å². The molecule has 0 saturated carbocycles. The van der Waals surface area contributed by atoms with Crippen LogP contribution in [0, 0.1) is 0 Å². The molecule has 82 valence electrons. The highest BCUT2D eigenvalue weighted by molar-refractivity contribution is 7.80. The van der Waals surface area contributed by atoms with Crippen molar-refractivity contribution < 1.29 is 4.79 Å². The van der Waals surface area contributed by atoms with Gasteiger partial charge in [0.15, 0.2) is 5.11 Å². The van der Waals surface area contributed by atoms with E-state index in [1.807, 2.05) is 24.3 Å². The fraction of sp³-hybridized carbons (Fsp3) is 0.0909. The normalized spacial score (nSPS) is 17.4. The second kappa shape index (κ2) is 4.42. The Bertz CT molecular complexity index is 465. The number of amides is 1. The topological polar surface area (TPSA) is 67.2 Å². The van der Waals surface area contributed by atoms with Gasteiger partial charge in [-0.15, -0.1) is 0 Å². The number of nitrogens with one attached hydrogen (secondary N) is 2. The number of hydrogen-bond donors (Lipinski definition) is 3. The Labute approximate surface area is 98.5 Å². The monoisotopic (exact) mass is 233 g/mol. The van der Waals surface area contributed by atoms with Crippen LogP contribution >= 0.6 is 12.2 Å². The van der Waals surface area contributed by atoms with Crippen LogP contribution in [-0.4, -0.2) is 11.0 Å². The van der Waals surface area contributed by atoms with Gasteiger partial charge in [-0.2, -0.15) is 0 Å². The molecule has 2 rings (SSSR count). The molecule has 1 aliphatic heterocycles. The van der Waals surface area contributed by atoms with Gasteiger partial charge in [-0.25, -0.2) is 0 Å². The zero-order valence-corrected chi connectivity index (χ0v) is 9.30. The molecule has 0 aromatic heterocycles. The van der Waals surface area contributed by atoms with Crippen molar-refractivity contribution in [2.24, 2.45) is 5.73 Å². The summed E-state index contributed by atoms with van der Waals surface area (Å²) in [6.45, 7) is 0.514. The molecule has 5 heteroatoms. The molecule has 0 radical (unpaired) electrons. The van der Waals surface area contributed by atoms with E-state index < -0.39 is 0 Å². The van der Waals surface area contributed by atoms with Crippen LogP contribution < -0.4 is 16.4 Å². The van der Waals surface area contributed by atoms with Crippen molar-refractivity contribution in [1.82, 2.24) is 10.6 Å². The average Bonchev–Trinajstić information content (AvgIpc) is 2.59. The van der Waals surface area contributed by atoms with Crippen molar-refractivity contribution in [3.8, 4) is 0 Å². The smallest absolute Gasteiger partial charge is 0.273 e. The van der Waals surface area contributed by atoms with Gasteiger partial charge in [0.25, 0.3) is 5.91 Å². The minimum Gasteiger partial charge on any atom is -0.328 e. The maximum atomic E-state index is 11.4. The van der Waals surface area contributed by atoms with Crippen molar-refractivity contribution >= 4 is 29.3 Å². The van der Waals surface area contributed by atoms with Crippen molar-refractivity contribution in [3.05, 3.63) is 41.1 Å².